The van der Waals surface area contributed by atoms with Crippen LogP contribution in [0.2, 0.25) is 0 Å². The molecule has 0 spiro atoms. The average molecular weight is 246 g/mol. The van der Waals surface area contributed by atoms with Gasteiger partial charge in [-0.15, -0.1) is 0 Å². The van der Waals surface area contributed by atoms with Crippen LogP contribution in [0.3, 0.4) is 0 Å². The largest absolute Gasteiger partial charge is 0.494 e. The molecule has 2 aromatic rings. The Bertz CT molecular complexity index is 557. The van der Waals surface area contributed by atoms with Crippen molar-refractivity contribution in [2.75, 3.05) is 7.11 Å². The monoisotopic (exact) mass is 246 g/mol. The Kier molecular flexibility index (Phi) is 3.58. The van der Waals surface area contributed by atoms with Crippen molar-refractivity contribution in [3.05, 3.63) is 59.2 Å². The summed E-state index contributed by atoms with van der Waals surface area (Å²) in [6, 6.07) is 9.87. The number of rotatable bonds is 3. The minimum Gasteiger partial charge on any atom is -0.494 e. The molecule has 1 atom stereocenters. The topological polar surface area (TPSA) is 48.1 Å². The van der Waals surface area contributed by atoms with Crippen molar-refractivity contribution in [3.8, 4) is 5.75 Å². The van der Waals surface area contributed by atoms with E-state index >= 15 is 0 Å². The Labute approximate surface area is 105 Å². The minimum absolute atomic E-state index is 0.211. The summed E-state index contributed by atoms with van der Waals surface area (Å²) in [5.41, 5.74) is 8.36. The minimum atomic E-state index is -0.440. The van der Waals surface area contributed by atoms with Crippen LogP contribution in [0.1, 0.15) is 23.0 Å². The Morgan fingerprint density at radius 1 is 1.28 bits per heavy atom. The Hall–Kier alpha value is -1.94. The molecule has 3 nitrogen and oxygen atoms in total. The zero-order valence-corrected chi connectivity index (χ0v) is 10.4. The Balaban J connectivity index is 2.34. The molecule has 0 fully saturated rings. The Morgan fingerprint density at radius 3 is 2.67 bits per heavy atom. The summed E-state index contributed by atoms with van der Waals surface area (Å²) in [7, 11) is 1.43. The van der Waals surface area contributed by atoms with Crippen molar-refractivity contribution in [3.63, 3.8) is 0 Å². The highest BCUT2D eigenvalue weighted by atomic mass is 19.1. The standard InChI is InChI=1S/C14H15FN2O/c1-9-4-3-5-12(17-9)14(16)10-6-7-13(18-2)11(15)8-10/h3-8,14H,16H2,1-2H3. The fourth-order valence-electron chi connectivity index (χ4n) is 1.78. The van der Waals surface area contributed by atoms with Crippen LogP contribution in [0.4, 0.5) is 4.39 Å². The quantitative estimate of drug-likeness (QED) is 0.905. The molecule has 2 rings (SSSR count). The molecule has 0 saturated heterocycles. The summed E-state index contributed by atoms with van der Waals surface area (Å²) < 4.78 is 18.5. The summed E-state index contributed by atoms with van der Waals surface area (Å²) in [5, 5.41) is 0. The highest BCUT2D eigenvalue weighted by Crippen LogP contribution is 2.23. The molecule has 0 amide bonds. The zero-order chi connectivity index (χ0) is 13.1. The van der Waals surface area contributed by atoms with E-state index < -0.39 is 11.9 Å². The van der Waals surface area contributed by atoms with E-state index in [4.69, 9.17) is 10.5 Å². The van der Waals surface area contributed by atoms with Gasteiger partial charge in [0.25, 0.3) is 0 Å². The van der Waals surface area contributed by atoms with Gasteiger partial charge in [0, 0.05) is 5.69 Å². The number of hydrogen-bond acceptors (Lipinski definition) is 3. The lowest BCUT2D eigenvalue weighted by atomic mass is 10.0. The van der Waals surface area contributed by atoms with Gasteiger partial charge in [-0.3, -0.25) is 4.98 Å². The fraction of sp³-hybridized carbons (Fsp3) is 0.214. The van der Waals surface area contributed by atoms with Gasteiger partial charge in [0.2, 0.25) is 0 Å². The van der Waals surface area contributed by atoms with Gasteiger partial charge in [-0.05, 0) is 36.8 Å². The molecular weight excluding hydrogens is 231 g/mol. The van der Waals surface area contributed by atoms with Crippen LogP contribution in [0.5, 0.6) is 5.75 Å². The van der Waals surface area contributed by atoms with Crippen LogP contribution in [0.15, 0.2) is 36.4 Å². The third-order valence-electron chi connectivity index (χ3n) is 2.76. The van der Waals surface area contributed by atoms with Crippen LogP contribution in [-0.2, 0) is 0 Å². The summed E-state index contributed by atoms with van der Waals surface area (Å²) in [4.78, 5) is 4.34. The van der Waals surface area contributed by atoms with Crippen molar-refractivity contribution in [2.24, 2.45) is 5.73 Å². The van der Waals surface area contributed by atoms with Crippen LogP contribution in [0, 0.1) is 12.7 Å². The molecular formula is C14H15FN2O. The van der Waals surface area contributed by atoms with E-state index in [-0.39, 0.29) is 5.75 Å². The van der Waals surface area contributed by atoms with Crippen molar-refractivity contribution >= 4 is 0 Å². The molecule has 2 N–H and O–H groups in total. The van der Waals surface area contributed by atoms with E-state index in [0.717, 1.165) is 11.4 Å². The number of aryl methyl sites for hydroxylation is 1. The van der Waals surface area contributed by atoms with Crippen LogP contribution in [-0.4, -0.2) is 12.1 Å². The zero-order valence-electron chi connectivity index (χ0n) is 10.4. The number of ether oxygens (including phenoxy) is 1. The number of halogens is 1. The van der Waals surface area contributed by atoms with E-state index in [2.05, 4.69) is 4.98 Å². The van der Waals surface area contributed by atoms with Gasteiger partial charge in [-0.25, -0.2) is 4.39 Å². The summed E-state index contributed by atoms with van der Waals surface area (Å²) in [6.07, 6.45) is 0. The number of methoxy groups -OCH3 is 1. The lowest BCUT2D eigenvalue weighted by Gasteiger charge is -2.13. The highest BCUT2D eigenvalue weighted by Gasteiger charge is 2.13. The highest BCUT2D eigenvalue weighted by molar-refractivity contribution is 5.34. The maximum absolute atomic E-state index is 13.6. The third-order valence-corrected chi connectivity index (χ3v) is 2.76. The van der Waals surface area contributed by atoms with Gasteiger partial charge in [0.05, 0.1) is 18.8 Å². The number of hydrogen-bond donors (Lipinski definition) is 1. The van der Waals surface area contributed by atoms with Gasteiger partial charge in [-0.2, -0.15) is 0 Å². The van der Waals surface area contributed by atoms with E-state index in [1.807, 2.05) is 25.1 Å². The number of nitrogens with two attached hydrogens (primary N) is 1. The molecule has 0 radical (unpaired) electrons. The molecule has 18 heavy (non-hydrogen) atoms. The summed E-state index contributed by atoms with van der Waals surface area (Å²) in [5.74, 6) is -0.207. The van der Waals surface area contributed by atoms with Gasteiger partial charge >= 0.3 is 0 Å². The van der Waals surface area contributed by atoms with E-state index in [1.54, 1.807) is 12.1 Å². The van der Waals surface area contributed by atoms with E-state index in [9.17, 15) is 4.39 Å². The molecule has 0 aliphatic heterocycles. The second-order valence-corrected chi connectivity index (χ2v) is 4.08. The van der Waals surface area contributed by atoms with Gasteiger partial charge in [-0.1, -0.05) is 12.1 Å². The molecule has 1 heterocycles. The number of nitrogens with zero attached hydrogens (tertiary/aromatic N) is 1. The fourth-order valence-corrected chi connectivity index (χ4v) is 1.78. The molecule has 0 bridgehead atoms. The van der Waals surface area contributed by atoms with Crippen molar-refractivity contribution in [1.29, 1.82) is 0 Å². The number of aromatic nitrogens is 1. The smallest absolute Gasteiger partial charge is 0.165 e. The maximum Gasteiger partial charge on any atom is 0.165 e. The van der Waals surface area contributed by atoms with Crippen LogP contribution >= 0.6 is 0 Å². The van der Waals surface area contributed by atoms with Gasteiger partial charge < -0.3 is 10.5 Å². The summed E-state index contributed by atoms with van der Waals surface area (Å²) >= 11 is 0. The third kappa shape index (κ3) is 2.49. The lowest BCUT2D eigenvalue weighted by Crippen LogP contribution is -2.14. The molecule has 1 aromatic carbocycles. The van der Waals surface area contributed by atoms with Gasteiger partial charge in [0.1, 0.15) is 0 Å². The summed E-state index contributed by atoms with van der Waals surface area (Å²) in [6.45, 7) is 1.89. The first-order chi connectivity index (χ1) is 8.61. The first kappa shape index (κ1) is 12.5. The molecule has 1 unspecified atom stereocenters. The van der Waals surface area contributed by atoms with Gasteiger partial charge in [0.15, 0.2) is 11.6 Å². The number of benzene rings is 1. The lowest BCUT2D eigenvalue weighted by molar-refractivity contribution is 0.386. The normalized spacial score (nSPS) is 12.2. The Morgan fingerprint density at radius 2 is 2.06 bits per heavy atom. The second kappa shape index (κ2) is 5.14. The second-order valence-electron chi connectivity index (χ2n) is 4.08. The average Bonchev–Trinajstić information content (AvgIpc) is 2.37. The molecule has 4 heteroatoms. The van der Waals surface area contributed by atoms with Crippen LogP contribution in [0.25, 0.3) is 0 Å². The first-order valence-corrected chi connectivity index (χ1v) is 5.64. The maximum atomic E-state index is 13.6. The van der Waals surface area contributed by atoms with Crippen molar-refractivity contribution in [2.45, 2.75) is 13.0 Å². The molecule has 94 valence electrons. The molecule has 1 aromatic heterocycles. The van der Waals surface area contributed by atoms with E-state index in [0.29, 0.717) is 5.56 Å². The predicted octanol–water partition coefficient (Wildman–Crippen LogP) is 2.59. The molecule has 0 aliphatic carbocycles. The SMILES string of the molecule is COc1ccc(C(N)c2cccc(C)n2)cc1F. The van der Waals surface area contributed by atoms with Crippen molar-refractivity contribution in [1.82, 2.24) is 4.98 Å². The van der Waals surface area contributed by atoms with Crippen molar-refractivity contribution < 1.29 is 9.13 Å². The van der Waals surface area contributed by atoms with E-state index in [1.165, 1.54) is 13.2 Å². The molecule has 0 aliphatic rings. The number of pyridine rings is 1. The first-order valence-electron chi connectivity index (χ1n) is 5.64. The molecule has 0 saturated carbocycles. The van der Waals surface area contributed by atoms with Crippen LogP contribution < -0.4 is 10.5 Å². The predicted molar refractivity (Wildman–Crippen MR) is 68.0 cm³/mol.